The fourth-order valence-corrected chi connectivity index (χ4v) is 7.90. The highest BCUT2D eigenvalue weighted by Crippen LogP contribution is 2.75. The van der Waals surface area contributed by atoms with E-state index in [1.54, 1.807) is 23.6 Å². The zero-order valence-electron chi connectivity index (χ0n) is 17.7. The molecule has 1 N–H and O–H groups in total. The van der Waals surface area contributed by atoms with Crippen molar-refractivity contribution in [1.29, 1.82) is 0 Å². The molecule has 1 aromatic carbocycles. The van der Waals surface area contributed by atoms with Crippen molar-refractivity contribution in [3.8, 4) is 0 Å². The van der Waals surface area contributed by atoms with Gasteiger partial charge in [0, 0.05) is 16.9 Å². The van der Waals surface area contributed by atoms with Gasteiger partial charge in [-0.2, -0.15) is 0 Å². The maximum atomic E-state index is 11.8. The van der Waals surface area contributed by atoms with Crippen LogP contribution in [0.5, 0.6) is 0 Å². The van der Waals surface area contributed by atoms with E-state index in [9.17, 15) is 9.90 Å². The van der Waals surface area contributed by atoms with E-state index in [0.717, 1.165) is 18.4 Å². The van der Waals surface area contributed by atoms with Crippen LogP contribution in [0.1, 0.15) is 87.1 Å². The molecule has 5 aliphatic rings. The standard InChI is InChI=1S/C27H32O2/c1-16(28)17-7-9-19(10-8-17)23-15-26(2)24(13-20-14-27(20,26)29)22-12-11-18-5-3-4-6-21(18)25(22)23/h5,7-10,20,22-24,29H,3-4,6,11-15H2,1-2H3/t20-,22-,23+,24-,26-,27?/m0/s1. The van der Waals surface area contributed by atoms with Gasteiger partial charge in [0.2, 0.25) is 0 Å². The number of rotatable bonds is 2. The van der Waals surface area contributed by atoms with Crippen LogP contribution in [0.25, 0.3) is 0 Å². The first-order valence-corrected chi connectivity index (χ1v) is 11.7. The molecule has 29 heavy (non-hydrogen) atoms. The van der Waals surface area contributed by atoms with Gasteiger partial charge < -0.3 is 5.11 Å². The molecule has 1 unspecified atom stereocenters. The van der Waals surface area contributed by atoms with Gasteiger partial charge in [-0.3, -0.25) is 4.79 Å². The van der Waals surface area contributed by atoms with Gasteiger partial charge in [0.05, 0.1) is 5.60 Å². The van der Waals surface area contributed by atoms with E-state index >= 15 is 0 Å². The van der Waals surface area contributed by atoms with Crippen LogP contribution in [0.4, 0.5) is 0 Å². The second-order valence-corrected chi connectivity index (χ2v) is 10.7. The Hall–Kier alpha value is -1.67. The summed E-state index contributed by atoms with van der Waals surface area (Å²) >= 11 is 0. The maximum absolute atomic E-state index is 11.8. The fourth-order valence-electron chi connectivity index (χ4n) is 7.90. The zero-order chi connectivity index (χ0) is 20.0. The Bertz CT molecular complexity index is 951. The molecule has 3 saturated carbocycles. The molecule has 5 aliphatic carbocycles. The van der Waals surface area contributed by atoms with E-state index in [1.807, 2.05) is 12.1 Å². The monoisotopic (exact) mass is 388 g/mol. The van der Waals surface area contributed by atoms with Crippen molar-refractivity contribution in [1.82, 2.24) is 0 Å². The third-order valence-corrected chi connectivity index (χ3v) is 9.51. The predicted molar refractivity (Wildman–Crippen MR) is 115 cm³/mol. The van der Waals surface area contributed by atoms with Gasteiger partial charge in [0.25, 0.3) is 0 Å². The maximum Gasteiger partial charge on any atom is 0.159 e. The first kappa shape index (κ1) is 18.1. The van der Waals surface area contributed by atoms with Crippen LogP contribution < -0.4 is 0 Å². The molecule has 3 fully saturated rings. The second-order valence-electron chi connectivity index (χ2n) is 10.7. The Labute approximate surface area is 174 Å². The largest absolute Gasteiger partial charge is 0.389 e. The third kappa shape index (κ3) is 2.36. The van der Waals surface area contributed by atoms with Crippen LogP contribution in [0.2, 0.25) is 0 Å². The lowest BCUT2D eigenvalue weighted by Crippen LogP contribution is -2.47. The van der Waals surface area contributed by atoms with Crippen molar-refractivity contribution in [2.75, 3.05) is 0 Å². The SMILES string of the molecule is CC(=O)c1ccc([C@H]2C[C@@]3(C)[C@@H](C[C@H]4CC43O)[C@@H]3CCC4=CCCCC4=C32)cc1. The number of hydrogen-bond donors (Lipinski definition) is 1. The molecule has 0 bridgehead atoms. The van der Waals surface area contributed by atoms with Gasteiger partial charge in [-0.25, -0.2) is 0 Å². The third-order valence-electron chi connectivity index (χ3n) is 9.51. The Balaban J connectivity index is 1.50. The van der Waals surface area contributed by atoms with E-state index in [1.165, 1.54) is 44.1 Å². The van der Waals surface area contributed by atoms with Crippen molar-refractivity contribution in [2.45, 2.75) is 76.7 Å². The summed E-state index contributed by atoms with van der Waals surface area (Å²) in [5.74, 6) is 2.33. The van der Waals surface area contributed by atoms with Gasteiger partial charge in [0.1, 0.15) is 0 Å². The van der Waals surface area contributed by atoms with E-state index in [0.29, 0.717) is 23.7 Å². The van der Waals surface area contributed by atoms with E-state index in [4.69, 9.17) is 0 Å². The summed E-state index contributed by atoms with van der Waals surface area (Å²) in [5.41, 5.74) is 6.76. The molecule has 0 aromatic heterocycles. The van der Waals surface area contributed by atoms with Crippen LogP contribution >= 0.6 is 0 Å². The van der Waals surface area contributed by atoms with E-state index in [2.05, 4.69) is 25.1 Å². The van der Waals surface area contributed by atoms with Crippen molar-refractivity contribution >= 4 is 5.78 Å². The molecule has 1 aromatic rings. The van der Waals surface area contributed by atoms with Gasteiger partial charge in [0.15, 0.2) is 5.78 Å². The second kappa shape index (κ2) is 5.94. The van der Waals surface area contributed by atoms with Crippen LogP contribution in [-0.4, -0.2) is 16.5 Å². The summed E-state index contributed by atoms with van der Waals surface area (Å²) in [5, 5.41) is 11.5. The Morgan fingerprint density at radius 1 is 1.14 bits per heavy atom. The molecule has 152 valence electrons. The number of aliphatic hydroxyl groups is 1. The minimum atomic E-state index is -0.423. The summed E-state index contributed by atoms with van der Waals surface area (Å²) in [6.45, 7) is 4.04. The summed E-state index contributed by atoms with van der Waals surface area (Å²) < 4.78 is 0. The number of carbonyl (C=O) groups is 1. The first-order valence-electron chi connectivity index (χ1n) is 11.7. The summed E-state index contributed by atoms with van der Waals surface area (Å²) in [6.07, 6.45) is 12.0. The van der Waals surface area contributed by atoms with Crippen molar-refractivity contribution in [3.05, 3.63) is 58.2 Å². The number of carbonyl (C=O) groups excluding carboxylic acids is 1. The quantitative estimate of drug-likeness (QED) is 0.634. The zero-order valence-corrected chi connectivity index (χ0v) is 17.7. The average molecular weight is 389 g/mol. The molecule has 0 heterocycles. The Morgan fingerprint density at radius 3 is 2.69 bits per heavy atom. The van der Waals surface area contributed by atoms with Crippen LogP contribution in [-0.2, 0) is 0 Å². The van der Waals surface area contributed by atoms with Crippen molar-refractivity contribution in [3.63, 3.8) is 0 Å². The number of allylic oxidation sites excluding steroid dienone is 4. The summed E-state index contributed by atoms with van der Waals surface area (Å²) in [4.78, 5) is 11.8. The molecule has 0 spiro atoms. The Kier molecular flexibility index (Phi) is 3.71. The van der Waals surface area contributed by atoms with Crippen LogP contribution in [0, 0.1) is 23.2 Å². The number of benzene rings is 1. The van der Waals surface area contributed by atoms with Gasteiger partial charge in [-0.15, -0.1) is 0 Å². The molecule has 0 amide bonds. The number of hydrogen-bond acceptors (Lipinski definition) is 2. The fraction of sp³-hybridized carbons (Fsp3) is 0.593. The van der Waals surface area contributed by atoms with Gasteiger partial charge >= 0.3 is 0 Å². The number of ketones is 1. The lowest BCUT2D eigenvalue weighted by molar-refractivity contribution is -0.0419. The summed E-state index contributed by atoms with van der Waals surface area (Å²) in [7, 11) is 0. The highest BCUT2D eigenvalue weighted by atomic mass is 16.3. The lowest BCUT2D eigenvalue weighted by atomic mass is 9.51. The Morgan fingerprint density at radius 2 is 1.93 bits per heavy atom. The normalized spacial score (nSPS) is 42.4. The molecule has 2 heteroatoms. The average Bonchev–Trinajstić information content (AvgIpc) is 3.35. The topological polar surface area (TPSA) is 37.3 Å². The van der Waals surface area contributed by atoms with Crippen LogP contribution in [0.15, 0.2) is 47.1 Å². The van der Waals surface area contributed by atoms with Gasteiger partial charge in [-0.1, -0.05) is 42.8 Å². The lowest BCUT2D eigenvalue weighted by Gasteiger charge is -2.53. The molecular weight excluding hydrogens is 356 g/mol. The van der Waals surface area contributed by atoms with E-state index in [-0.39, 0.29) is 11.2 Å². The molecular formula is C27H32O2. The van der Waals surface area contributed by atoms with Gasteiger partial charge in [-0.05, 0) is 92.8 Å². The first-order chi connectivity index (χ1) is 13.9. The predicted octanol–water partition coefficient (Wildman–Crippen LogP) is 5.97. The smallest absolute Gasteiger partial charge is 0.159 e. The number of Topliss-reactive ketones (excluding diaryl/α,β-unsaturated/α-hetero) is 1. The summed E-state index contributed by atoms with van der Waals surface area (Å²) in [6, 6.07) is 8.41. The highest BCUT2D eigenvalue weighted by Gasteiger charge is 2.74. The molecule has 0 aliphatic heterocycles. The highest BCUT2D eigenvalue weighted by molar-refractivity contribution is 5.94. The van der Waals surface area contributed by atoms with E-state index < -0.39 is 5.60 Å². The number of fused-ring (bicyclic) bond motifs is 6. The molecule has 6 atom stereocenters. The molecule has 2 nitrogen and oxygen atoms in total. The van der Waals surface area contributed by atoms with Crippen molar-refractivity contribution < 1.29 is 9.90 Å². The molecule has 6 rings (SSSR count). The molecule has 0 saturated heterocycles. The minimum Gasteiger partial charge on any atom is -0.389 e. The van der Waals surface area contributed by atoms with Crippen LogP contribution in [0.3, 0.4) is 0 Å². The minimum absolute atomic E-state index is 0.0339. The molecule has 0 radical (unpaired) electrons. The van der Waals surface area contributed by atoms with Crippen molar-refractivity contribution in [2.24, 2.45) is 23.2 Å².